The number of carbonyl (C=O) groups excluding carboxylic acids is 1. The minimum Gasteiger partial charge on any atom is -0.496 e. The Morgan fingerprint density at radius 2 is 2.05 bits per heavy atom. The van der Waals surface area contributed by atoms with Gasteiger partial charge in [0, 0.05) is 30.1 Å². The summed E-state index contributed by atoms with van der Waals surface area (Å²) in [4.78, 5) is 13.9. The SMILES string of the molecule is COc1ccc(OC)c2c1CN(C(=O)C(C)CN)CC2O. The average molecular weight is 294 g/mol. The highest BCUT2D eigenvalue weighted by atomic mass is 16.5. The van der Waals surface area contributed by atoms with Crippen molar-refractivity contribution in [1.29, 1.82) is 0 Å². The number of aliphatic hydroxyl groups excluding tert-OH is 1. The van der Waals surface area contributed by atoms with E-state index >= 15 is 0 Å². The van der Waals surface area contributed by atoms with E-state index in [1.165, 1.54) is 0 Å². The van der Waals surface area contributed by atoms with Crippen LogP contribution in [0.15, 0.2) is 12.1 Å². The number of rotatable bonds is 4. The molecule has 1 heterocycles. The van der Waals surface area contributed by atoms with E-state index in [2.05, 4.69) is 0 Å². The highest BCUT2D eigenvalue weighted by Gasteiger charge is 2.33. The number of β-amino-alcohol motifs (C(OH)–C–C–N with tert-alkyl or cyclic N) is 1. The lowest BCUT2D eigenvalue weighted by Gasteiger charge is -2.35. The summed E-state index contributed by atoms with van der Waals surface area (Å²) < 4.78 is 10.7. The Bertz CT molecular complexity index is 533. The highest BCUT2D eigenvalue weighted by Crippen LogP contribution is 2.39. The van der Waals surface area contributed by atoms with Gasteiger partial charge in [-0.2, -0.15) is 0 Å². The van der Waals surface area contributed by atoms with Gasteiger partial charge < -0.3 is 25.2 Å². The lowest BCUT2D eigenvalue weighted by atomic mass is 9.94. The number of hydrogen-bond acceptors (Lipinski definition) is 5. The minimum atomic E-state index is -0.798. The average Bonchev–Trinajstić information content (AvgIpc) is 2.51. The van der Waals surface area contributed by atoms with Crippen molar-refractivity contribution in [2.75, 3.05) is 27.3 Å². The zero-order valence-electron chi connectivity index (χ0n) is 12.6. The fourth-order valence-corrected chi connectivity index (χ4v) is 2.66. The lowest BCUT2D eigenvalue weighted by Crippen LogP contribution is -2.42. The molecular weight excluding hydrogens is 272 g/mol. The summed E-state index contributed by atoms with van der Waals surface area (Å²) in [6, 6.07) is 3.55. The fraction of sp³-hybridized carbons (Fsp3) is 0.533. The number of nitrogens with two attached hydrogens (primary N) is 1. The van der Waals surface area contributed by atoms with E-state index in [0.29, 0.717) is 23.6 Å². The maximum Gasteiger partial charge on any atom is 0.227 e. The molecule has 0 bridgehead atoms. The second kappa shape index (κ2) is 6.32. The first-order chi connectivity index (χ1) is 10.0. The van der Waals surface area contributed by atoms with Crippen molar-refractivity contribution in [2.24, 2.45) is 11.7 Å². The monoisotopic (exact) mass is 294 g/mol. The third-order valence-corrected chi connectivity index (χ3v) is 3.88. The Hall–Kier alpha value is -1.79. The number of benzene rings is 1. The number of carbonyl (C=O) groups is 1. The second-order valence-electron chi connectivity index (χ2n) is 5.23. The summed E-state index contributed by atoms with van der Waals surface area (Å²) in [5.74, 6) is 0.919. The maximum absolute atomic E-state index is 12.3. The molecule has 0 aromatic heterocycles. The summed E-state index contributed by atoms with van der Waals surface area (Å²) in [5.41, 5.74) is 7.04. The molecule has 21 heavy (non-hydrogen) atoms. The molecule has 6 heteroatoms. The lowest BCUT2D eigenvalue weighted by molar-refractivity contribution is -0.137. The normalized spacial score (nSPS) is 18.9. The smallest absolute Gasteiger partial charge is 0.227 e. The van der Waals surface area contributed by atoms with Crippen molar-refractivity contribution < 1.29 is 19.4 Å². The zero-order chi connectivity index (χ0) is 15.6. The molecule has 116 valence electrons. The Morgan fingerprint density at radius 1 is 1.43 bits per heavy atom. The quantitative estimate of drug-likeness (QED) is 0.853. The van der Waals surface area contributed by atoms with Crippen LogP contribution < -0.4 is 15.2 Å². The van der Waals surface area contributed by atoms with Gasteiger partial charge in [0.05, 0.1) is 20.8 Å². The standard InChI is InChI=1S/C15H22N2O4/c1-9(6-16)15(19)17-7-10-12(20-2)4-5-13(21-3)14(10)11(18)8-17/h4-5,9,11,18H,6-8,16H2,1-3H3. The van der Waals surface area contributed by atoms with E-state index in [9.17, 15) is 9.90 Å². The molecule has 2 atom stereocenters. The molecule has 1 aromatic carbocycles. The molecule has 0 aliphatic carbocycles. The van der Waals surface area contributed by atoms with E-state index in [0.717, 1.165) is 5.56 Å². The van der Waals surface area contributed by atoms with Gasteiger partial charge in [0.1, 0.15) is 17.6 Å². The van der Waals surface area contributed by atoms with Crippen molar-refractivity contribution in [2.45, 2.75) is 19.6 Å². The number of hydrogen-bond donors (Lipinski definition) is 2. The Balaban J connectivity index is 2.40. The minimum absolute atomic E-state index is 0.0629. The van der Waals surface area contributed by atoms with E-state index in [1.54, 1.807) is 38.2 Å². The fourth-order valence-electron chi connectivity index (χ4n) is 2.66. The van der Waals surface area contributed by atoms with E-state index < -0.39 is 6.10 Å². The molecule has 2 unspecified atom stereocenters. The summed E-state index contributed by atoms with van der Waals surface area (Å²) in [6.07, 6.45) is -0.798. The van der Waals surface area contributed by atoms with Crippen LogP contribution in [0.2, 0.25) is 0 Å². The summed E-state index contributed by atoms with van der Waals surface area (Å²) >= 11 is 0. The van der Waals surface area contributed by atoms with Crippen LogP contribution in [0.3, 0.4) is 0 Å². The third-order valence-electron chi connectivity index (χ3n) is 3.88. The van der Waals surface area contributed by atoms with E-state index in [4.69, 9.17) is 15.2 Å². The first kappa shape index (κ1) is 15.6. The molecule has 1 amide bonds. The largest absolute Gasteiger partial charge is 0.496 e. The van der Waals surface area contributed by atoms with Crippen LogP contribution in [0, 0.1) is 5.92 Å². The molecule has 1 aromatic rings. The van der Waals surface area contributed by atoms with E-state index in [-0.39, 0.29) is 24.9 Å². The van der Waals surface area contributed by atoms with Gasteiger partial charge in [-0.3, -0.25) is 4.79 Å². The number of nitrogens with zero attached hydrogens (tertiary/aromatic N) is 1. The molecule has 3 N–H and O–H groups in total. The Morgan fingerprint density at radius 3 is 2.62 bits per heavy atom. The molecule has 0 radical (unpaired) electrons. The number of aliphatic hydroxyl groups is 1. The number of amides is 1. The number of ether oxygens (including phenoxy) is 2. The van der Waals surface area contributed by atoms with Gasteiger partial charge in [-0.25, -0.2) is 0 Å². The van der Waals surface area contributed by atoms with Gasteiger partial charge in [0.25, 0.3) is 0 Å². The molecule has 2 rings (SSSR count). The molecule has 0 saturated carbocycles. The molecular formula is C15H22N2O4. The topological polar surface area (TPSA) is 85.0 Å². The molecule has 6 nitrogen and oxygen atoms in total. The first-order valence-electron chi connectivity index (χ1n) is 6.94. The Labute approximate surface area is 124 Å². The third kappa shape index (κ3) is 2.82. The van der Waals surface area contributed by atoms with Gasteiger partial charge in [-0.05, 0) is 12.1 Å². The molecule has 0 fully saturated rings. The molecule has 1 aliphatic rings. The Kier molecular flexibility index (Phi) is 4.69. The van der Waals surface area contributed by atoms with Gasteiger partial charge in [0.15, 0.2) is 0 Å². The first-order valence-corrected chi connectivity index (χ1v) is 6.94. The molecule has 1 aliphatic heterocycles. The van der Waals surface area contributed by atoms with Crippen LogP contribution in [0.4, 0.5) is 0 Å². The highest BCUT2D eigenvalue weighted by molar-refractivity contribution is 5.79. The van der Waals surface area contributed by atoms with Crippen LogP contribution >= 0.6 is 0 Å². The summed E-state index contributed by atoms with van der Waals surface area (Å²) in [5, 5.41) is 10.4. The maximum atomic E-state index is 12.3. The van der Waals surface area contributed by atoms with Gasteiger partial charge in [-0.1, -0.05) is 6.92 Å². The van der Waals surface area contributed by atoms with Crippen molar-refractivity contribution in [3.05, 3.63) is 23.3 Å². The van der Waals surface area contributed by atoms with E-state index in [1.807, 2.05) is 0 Å². The van der Waals surface area contributed by atoms with Crippen LogP contribution in [0.1, 0.15) is 24.2 Å². The van der Waals surface area contributed by atoms with Crippen molar-refractivity contribution in [1.82, 2.24) is 4.90 Å². The van der Waals surface area contributed by atoms with Crippen LogP contribution in [0.5, 0.6) is 11.5 Å². The summed E-state index contributed by atoms with van der Waals surface area (Å²) in [7, 11) is 3.13. The molecule has 0 saturated heterocycles. The van der Waals surface area contributed by atoms with Gasteiger partial charge >= 0.3 is 0 Å². The second-order valence-corrected chi connectivity index (χ2v) is 5.23. The zero-order valence-corrected chi connectivity index (χ0v) is 12.6. The predicted molar refractivity (Wildman–Crippen MR) is 78.1 cm³/mol. The van der Waals surface area contributed by atoms with Crippen molar-refractivity contribution in [3.8, 4) is 11.5 Å². The van der Waals surface area contributed by atoms with Gasteiger partial charge in [-0.15, -0.1) is 0 Å². The van der Waals surface area contributed by atoms with Crippen LogP contribution in [-0.2, 0) is 11.3 Å². The van der Waals surface area contributed by atoms with Gasteiger partial charge in [0.2, 0.25) is 5.91 Å². The van der Waals surface area contributed by atoms with Crippen LogP contribution in [-0.4, -0.2) is 43.2 Å². The summed E-state index contributed by atoms with van der Waals surface area (Å²) in [6.45, 7) is 2.69. The number of methoxy groups -OCH3 is 2. The van der Waals surface area contributed by atoms with Crippen molar-refractivity contribution in [3.63, 3.8) is 0 Å². The van der Waals surface area contributed by atoms with Crippen molar-refractivity contribution >= 4 is 5.91 Å². The predicted octanol–water partition coefficient (Wildman–Crippen LogP) is 0.674. The number of fused-ring (bicyclic) bond motifs is 1. The van der Waals surface area contributed by atoms with Crippen LogP contribution in [0.25, 0.3) is 0 Å². The molecule has 0 spiro atoms.